The maximum atomic E-state index is 13.0. The van der Waals surface area contributed by atoms with Gasteiger partial charge in [-0.3, -0.25) is 9.78 Å². The molecule has 0 spiro atoms. The summed E-state index contributed by atoms with van der Waals surface area (Å²) >= 11 is 0. The number of carbonyl (C=O) groups is 1. The molecule has 0 unspecified atom stereocenters. The summed E-state index contributed by atoms with van der Waals surface area (Å²) in [6, 6.07) is 19.5. The van der Waals surface area contributed by atoms with Gasteiger partial charge in [0, 0.05) is 31.9 Å². The molecule has 0 aliphatic carbocycles. The summed E-state index contributed by atoms with van der Waals surface area (Å²) < 4.78 is 0. The van der Waals surface area contributed by atoms with Gasteiger partial charge < -0.3 is 10.0 Å². The van der Waals surface area contributed by atoms with Crippen LogP contribution in [-0.4, -0.2) is 20.9 Å². The summed E-state index contributed by atoms with van der Waals surface area (Å²) in [4.78, 5) is 19.0. The summed E-state index contributed by atoms with van der Waals surface area (Å²) in [6.45, 7) is 3.20. The lowest BCUT2D eigenvalue weighted by atomic mass is 10.1. The van der Waals surface area contributed by atoms with Gasteiger partial charge in [-0.1, -0.05) is 55.5 Å². The molecule has 0 radical (unpaired) electrons. The quantitative estimate of drug-likeness (QED) is 0.631. The predicted octanol–water partition coefficient (Wildman–Crippen LogP) is 4.51. The Bertz CT molecular complexity index is 892. The third-order valence-corrected chi connectivity index (χ3v) is 4.85. The number of pyridine rings is 1. The molecule has 0 saturated carbocycles. The third kappa shape index (κ3) is 5.43. The molecule has 4 nitrogen and oxygen atoms in total. The van der Waals surface area contributed by atoms with Gasteiger partial charge in [-0.05, 0) is 47.2 Å². The Morgan fingerprint density at radius 2 is 1.64 bits per heavy atom. The number of nitrogens with zero attached hydrogens (tertiary/aromatic N) is 2. The fourth-order valence-corrected chi connectivity index (χ4v) is 3.17. The van der Waals surface area contributed by atoms with Crippen molar-refractivity contribution in [3.8, 4) is 5.75 Å². The van der Waals surface area contributed by atoms with Crippen molar-refractivity contribution in [3.63, 3.8) is 0 Å². The van der Waals surface area contributed by atoms with E-state index >= 15 is 0 Å². The van der Waals surface area contributed by atoms with Crippen molar-refractivity contribution >= 4 is 5.91 Å². The zero-order valence-corrected chi connectivity index (χ0v) is 16.2. The topological polar surface area (TPSA) is 53.4 Å². The fourth-order valence-electron chi connectivity index (χ4n) is 3.17. The van der Waals surface area contributed by atoms with E-state index < -0.39 is 0 Å². The van der Waals surface area contributed by atoms with Gasteiger partial charge in [-0.25, -0.2) is 0 Å². The number of phenols is 1. The smallest absolute Gasteiger partial charge is 0.223 e. The average molecular weight is 374 g/mol. The van der Waals surface area contributed by atoms with Gasteiger partial charge in [0.05, 0.1) is 0 Å². The molecular weight excluding hydrogens is 348 g/mol. The average Bonchev–Trinajstić information content (AvgIpc) is 2.74. The predicted molar refractivity (Wildman–Crippen MR) is 111 cm³/mol. The van der Waals surface area contributed by atoms with E-state index in [1.165, 1.54) is 5.56 Å². The molecule has 144 valence electrons. The Kier molecular flexibility index (Phi) is 6.79. The lowest BCUT2D eigenvalue weighted by molar-refractivity contribution is -0.132. The van der Waals surface area contributed by atoms with E-state index in [2.05, 4.69) is 36.2 Å². The minimum Gasteiger partial charge on any atom is -0.508 e. The van der Waals surface area contributed by atoms with Crippen molar-refractivity contribution < 1.29 is 9.90 Å². The van der Waals surface area contributed by atoms with Gasteiger partial charge in [-0.2, -0.15) is 0 Å². The molecule has 0 aliphatic heterocycles. The maximum Gasteiger partial charge on any atom is 0.223 e. The van der Waals surface area contributed by atoms with Crippen molar-refractivity contribution in [2.45, 2.75) is 39.3 Å². The SMILES string of the molecule is CCc1ccc(CN(Cc2cccnc2)C(=O)CCc2ccccc2O)cc1. The molecule has 1 amide bonds. The lowest BCUT2D eigenvalue weighted by Gasteiger charge is -2.23. The van der Waals surface area contributed by atoms with Crippen LogP contribution in [0.25, 0.3) is 0 Å². The zero-order chi connectivity index (χ0) is 19.8. The monoisotopic (exact) mass is 374 g/mol. The number of phenolic OH excluding ortho intramolecular Hbond substituents is 1. The normalized spacial score (nSPS) is 10.6. The molecule has 0 atom stereocenters. The van der Waals surface area contributed by atoms with E-state index in [1.807, 2.05) is 29.2 Å². The maximum absolute atomic E-state index is 13.0. The van der Waals surface area contributed by atoms with Crippen LogP contribution < -0.4 is 0 Å². The van der Waals surface area contributed by atoms with Crippen molar-refractivity contribution in [2.24, 2.45) is 0 Å². The molecule has 1 N–H and O–H groups in total. The number of aromatic nitrogens is 1. The van der Waals surface area contributed by atoms with E-state index in [-0.39, 0.29) is 11.7 Å². The summed E-state index contributed by atoms with van der Waals surface area (Å²) in [5.41, 5.74) is 4.19. The second-order valence-corrected chi connectivity index (χ2v) is 6.91. The number of aromatic hydroxyl groups is 1. The molecule has 1 heterocycles. The van der Waals surface area contributed by atoms with Crippen LogP contribution in [0.3, 0.4) is 0 Å². The number of rotatable bonds is 8. The Morgan fingerprint density at radius 1 is 0.929 bits per heavy atom. The molecular formula is C24H26N2O2. The van der Waals surface area contributed by atoms with Crippen LogP contribution in [0.5, 0.6) is 5.75 Å². The number of hydrogen-bond donors (Lipinski definition) is 1. The summed E-state index contributed by atoms with van der Waals surface area (Å²) in [5.74, 6) is 0.302. The van der Waals surface area contributed by atoms with Crippen molar-refractivity contribution in [1.82, 2.24) is 9.88 Å². The van der Waals surface area contributed by atoms with E-state index in [9.17, 15) is 9.90 Å². The Hall–Kier alpha value is -3.14. The van der Waals surface area contributed by atoms with Crippen LogP contribution in [0, 0.1) is 0 Å². The molecule has 4 heteroatoms. The minimum atomic E-state index is 0.0617. The summed E-state index contributed by atoms with van der Waals surface area (Å²) in [7, 11) is 0. The van der Waals surface area contributed by atoms with Gasteiger partial charge in [0.25, 0.3) is 0 Å². The molecule has 28 heavy (non-hydrogen) atoms. The molecule has 3 rings (SSSR count). The molecule has 0 fully saturated rings. The minimum absolute atomic E-state index is 0.0617. The third-order valence-electron chi connectivity index (χ3n) is 4.85. The highest BCUT2D eigenvalue weighted by Crippen LogP contribution is 2.19. The van der Waals surface area contributed by atoms with Gasteiger partial charge in [0.15, 0.2) is 0 Å². The van der Waals surface area contributed by atoms with Crippen molar-refractivity contribution in [3.05, 3.63) is 95.3 Å². The highest BCUT2D eigenvalue weighted by molar-refractivity contribution is 5.76. The molecule has 3 aromatic rings. The molecule has 0 bridgehead atoms. The zero-order valence-electron chi connectivity index (χ0n) is 16.2. The van der Waals surface area contributed by atoms with Crippen LogP contribution in [0.1, 0.15) is 35.6 Å². The summed E-state index contributed by atoms with van der Waals surface area (Å²) in [5, 5.41) is 9.95. The van der Waals surface area contributed by atoms with E-state index in [4.69, 9.17) is 0 Å². The van der Waals surface area contributed by atoms with Gasteiger partial charge in [-0.15, -0.1) is 0 Å². The van der Waals surface area contributed by atoms with E-state index in [0.29, 0.717) is 25.9 Å². The highest BCUT2D eigenvalue weighted by Gasteiger charge is 2.16. The van der Waals surface area contributed by atoms with Crippen molar-refractivity contribution in [1.29, 1.82) is 0 Å². The fraction of sp³-hybridized carbons (Fsp3) is 0.250. The first-order valence-electron chi connectivity index (χ1n) is 9.67. The molecule has 1 aromatic heterocycles. The first kappa shape index (κ1) is 19.6. The summed E-state index contributed by atoms with van der Waals surface area (Å²) in [6.07, 6.45) is 5.40. The Morgan fingerprint density at radius 3 is 2.32 bits per heavy atom. The van der Waals surface area contributed by atoms with Crippen LogP contribution in [0.2, 0.25) is 0 Å². The van der Waals surface area contributed by atoms with E-state index in [1.54, 1.807) is 24.5 Å². The van der Waals surface area contributed by atoms with Crippen LogP contribution in [0.15, 0.2) is 73.1 Å². The van der Waals surface area contributed by atoms with Gasteiger partial charge >= 0.3 is 0 Å². The number of amides is 1. The molecule has 0 aliphatic rings. The Balaban J connectivity index is 1.72. The van der Waals surface area contributed by atoms with Gasteiger partial charge in [0.1, 0.15) is 5.75 Å². The van der Waals surface area contributed by atoms with Crippen LogP contribution in [-0.2, 0) is 30.7 Å². The number of para-hydroxylation sites is 1. The number of aryl methyl sites for hydroxylation is 2. The number of benzene rings is 2. The number of carbonyl (C=O) groups excluding carboxylic acids is 1. The second kappa shape index (κ2) is 9.70. The standard InChI is InChI=1S/C24H26N2O2/c1-2-19-9-11-20(12-10-19)17-26(18-21-6-5-15-25-16-21)24(28)14-13-22-7-3-4-8-23(22)27/h3-12,15-16,27H,2,13-14,17-18H2,1H3. The van der Waals surface area contributed by atoms with Crippen LogP contribution >= 0.6 is 0 Å². The first-order chi connectivity index (χ1) is 13.7. The van der Waals surface area contributed by atoms with Gasteiger partial charge in [0.2, 0.25) is 5.91 Å². The largest absolute Gasteiger partial charge is 0.508 e. The first-order valence-corrected chi connectivity index (χ1v) is 9.67. The second-order valence-electron chi connectivity index (χ2n) is 6.91. The van der Waals surface area contributed by atoms with E-state index in [0.717, 1.165) is 23.1 Å². The molecule has 2 aromatic carbocycles. The van der Waals surface area contributed by atoms with Crippen molar-refractivity contribution in [2.75, 3.05) is 0 Å². The highest BCUT2D eigenvalue weighted by atomic mass is 16.3. The number of hydrogen-bond acceptors (Lipinski definition) is 3. The Labute approximate surface area is 166 Å². The van der Waals surface area contributed by atoms with Crippen LogP contribution in [0.4, 0.5) is 0 Å². The lowest BCUT2D eigenvalue weighted by Crippen LogP contribution is -2.30. The molecule has 0 saturated heterocycles.